The monoisotopic (exact) mass is 498 g/mol. The minimum atomic E-state index is -0.133. The molecule has 0 saturated heterocycles. The summed E-state index contributed by atoms with van der Waals surface area (Å²) in [4.78, 5) is 11.2. The predicted molar refractivity (Wildman–Crippen MR) is 149 cm³/mol. The van der Waals surface area contributed by atoms with Crippen LogP contribution in [0.2, 0.25) is 0 Å². The van der Waals surface area contributed by atoms with E-state index in [2.05, 4.69) is 48.5 Å². The fourth-order valence-electron chi connectivity index (χ4n) is 12.9. The van der Waals surface area contributed by atoms with Crippen molar-refractivity contribution < 1.29 is 9.53 Å². The van der Waals surface area contributed by atoms with Crippen molar-refractivity contribution in [1.82, 2.24) is 0 Å². The van der Waals surface area contributed by atoms with E-state index in [0.717, 1.165) is 41.9 Å². The van der Waals surface area contributed by atoms with Crippen LogP contribution >= 0.6 is 0 Å². The summed E-state index contributed by atoms with van der Waals surface area (Å²) in [5, 5.41) is 0. The van der Waals surface area contributed by atoms with Crippen LogP contribution in [0.5, 0.6) is 0 Å². The van der Waals surface area contributed by atoms with Gasteiger partial charge in [0.25, 0.3) is 0 Å². The van der Waals surface area contributed by atoms with Crippen molar-refractivity contribution in [3.8, 4) is 0 Å². The van der Waals surface area contributed by atoms with Gasteiger partial charge in [-0.1, -0.05) is 54.9 Å². The zero-order valence-electron chi connectivity index (χ0n) is 25.2. The molecule has 206 valence electrons. The maximum absolute atomic E-state index is 11.2. The Balaban J connectivity index is 1.36. The lowest BCUT2D eigenvalue weighted by Gasteiger charge is -2.73. The van der Waals surface area contributed by atoms with E-state index in [1.807, 2.05) is 0 Å². The van der Waals surface area contributed by atoms with Gasteiger partial charge in [-0.25, -0.2) is 0 Å². The van der Waals surface area contributed by atoms with Gasteiger partial charge in [0.05, 0.1) is 6.61 Å². The van der Waals surface area contributed by atoms with Crippen LogP contribution in [-0.4, -0.2) is 12.6 Å². The fourth-order valence-corrected chi connectivity index (χ4v) is 12.9. The minimum Gasteiger partial charge on any atom is -0.466 e. The van der Waals surface area contributed by atoms with Crippen LogP contribution in [0.15, 0.2) is 0 Å². The molecule has 5 fully saturated rings. The molecule has 0 amide bonds. The Hall–Kier alpha value is -0.530. The minimum absolute atomic E-state index is 0.133. The Labute approximate surface area is 223 Å². The number of carbonyl (C=O) groups is 1. The summed E-state index contributed by atoms with van der Waals surface area (Å²) in [6.45, 7) is 20.9. The first-order valence-electron chi connectivity index (χ1n) is 15.9. The van der Waals surface area contributed by atoms with Gasteiger partial charge in [-0.2, -0.15) is 0 Å². The molecule has 36 heavy (non-hydrogen) atoms. The summed E-state index contributed by atoms with van der Waals surface area (Å²) in [6.07, 6.45) is 18.3. The van der Waals surface area contributed by atoms with Crippen LogP contribution in [0, 0.1) is 62.6 Å². The third-order valence-corrected chi connectivity index (χ3v) is 14.6. The number of carbonyl (C=O) groups excluding carboxylic acids is 1. The molecular formula is C34H58O2. The summed E-state index contributed by atoms with van der Waals surface area (Å²) >= 11 is 0. The molecule has 0 N–H and O–H groups in total. The van der Waals surface area contributed by atoms with Crippen molar-refractivity contribution >= 4 is 5.97 Å². The van der Waals surface area contributed by atoms with Crippen molar-refractivity contribution in [2.24, 2.45) is 62.6 Å². The maximum atomic E-state index is 11.2. The Morgan fingerprint density at radius 1 is 0.778 bits per heavy atom. The Morgan fingerprint density at radius 3 is 2.08 bits per heavy atom. The summed E-state index contributed by atoms with van der Waals surface area (Å²) in [5.74, 6) is 5.14. The third-order valence-electron chi connectivity index (χ3n) is 14.6. The molecule has 0 unspecified atom stereocenters. The molecule has 2 heteroatoms. The largest absolute Gasteiger partial charge is 0.466 e. The average Bonchev–Trinajstić information content (AvgIpc) is 3.13. The summed E-state index contributed by atoms with van der Waals surface area (Å²) < 4.78 is 5.25. The highest BCUT2D eigenvalue weighted by atomic mass is 16.5. The predicted octanol–water partition coefficient (Wildman–Crippen LogP) is 9.46. The highest BCUT2D eigenvalue weighted by Crippen LogP contribution is 2.78. The molecule has 10 atom stereocenters. The van der Waals surface area contributed by atoms with Crippen LogP contribution in [0.25, 0.3) is 0 Å². The van der Waals surface area contributed by atoms with Crippen molar-refractivity contribution in [2.45, 2.75) is 139 Å². The van der Waals surface area contributed by atoms with Crippen molar-refractivity contribution in [1.29, 1.82) is 0 Å². The molecule has 5 aliphatic carbocycles. The van der Waals surface area contributed by atoms with Crippen LogP contribution < -0.4 is 0 Å². The Morgan fingerprint density at radius 2 is 1.42 bits per heavy atom. The number of esters is 1. The second kappa shape index (κ2) is 9.01. The Bertz CT molecular complexity index is 846. The van der Waals surface area contributed by atoms with Crippen LogP contribution in [0.4, 0.5) is 0 Å². The van der Waals surface area contributed by atoms with Gasteiger partial charge < -0.3 is 4.74 Å². The lowest BCUT2D eigenvalue weighted by Crippen LogP contribution is -2.65. The highest BCUT2D eigenvalue weighted by molar-refractivity contribution is 5.65. The number of hydrogen-bond donors (Lipinski definition) is 0. The molecule has 0 radical (unpaired) electrons. The van der Waals surface area contributed by atoms with Crippen LogP contribution in [0.3, 0.4) is 0 Å². The first kappa shape index (κ1) is 27.1. The average molecular weight is 499 g/mol. The molecule has 0 aliphatic heterocycles. The summed E-state index contributed by atoms with van der Waals surface area (Å²) in [6, 6.07) is 0. The molecule has 5 aliphatic rings. The molecule has 2 nitrogen and oxygen atoms in total. The van der Waals surface area contributed by atoms with Gasteiger partial charge in [-0.3, -0.25) is 4.79 Å². The number of fused-ring (bicyclic) bond motifs is 7. The van der Waals surface area contributed by atoms with Crippen molar-refractivity contribution in [3.63, 3.8) is 0 Å². The zero-order valence-corrected chi connectivity index (χ0v) is 25.2. The molecule has 0 bridgehead atoms. The molecule has 5 rings (SSSR count). The fraction of sp³-hybridized carbons (Fsp3) is 0.971. The molecular weight excluding hydrogens is 440 g/mol. The Kier molecular flexibility index (Phi) is 6.77. The first-order valence-corrected chi connectivity index (χ1v) is 15.9. The molecule has 0 aromatic heterocycles. The lowest BCUT2D eigenvalue weighted by molar-refractivity contribution is -0.241. The normalized spacial score (nSPS) is 50.3. The molecule has 0 spiro atoms. The summed E-state index contributed by atoms with van der Waals surface area (Å²) in [5.41, 5.74) is 2.62. The van der Waals surface area contributed by atoms with Gasteiger partial charge in [0.1, 0.15) is 0 Å². The van der Waals surface area contributed by atoms with E-state index in [9.17, 15) is 4.79 Å². The molecule has 0 heterocycles. The first-order chi connectivity index (χ1) is 16.8. The van der Waals surface area contributed by atoms with E-state index in [0.29, 0.717) is 33.7 Å². The van der Waals surface area contributed by atoms with Crippen LogP contribution in [-0.2, 0) is 9.53 Å². The standard InChI is InChI=1S/C34H58O2/c1-23(11-9-22-36-24(2)35)25-14-19-31(5)26(25)15-20-33(7)28(31)12-13-29-32(6)18-10-17-30(3,4)27(32)16-21-34(29,33)8/h23,25-29H,9-22H2,1-8H3/t23-,25-,26+,27+,28-,29-,31+,32+,33-,34-/m1/s1. The molecule has 0 aromatic rings. The van der Waals surface area contributed by atoms with Crippen molar-refractivity contribution in [3.05, 3.63) is 0 Å². The van der Waals surface area contributed by atoms with E-state index in [-0.39, 0.29) is 5.97 Å². The SMILES string of the molecule is CC(=O)OCCC[C@@H](C)[C@H]1CC[C@]2(C)[C@H]3CC[C@@H]4[C@@]5(C)CCCC(C)(C)[C@@H]5CC[C@@]4(C)[C@]3(C)CC[C@@H]12. The van der Waals surface area contributed by atoms with E-state index < -0.39 is 0 Å². The van der Waals surface area contributed by atoms with Gasteiger partial charge in [0.2, 0.25) is 0 Å². The van der Waals surface area contributed by atoms with E-state index in [4.69, 9.17) is 4.74 Å². The van der Waals surface area contributed by atoms with Crippen molar-refractivity contribution in [2.75, 3.05) is 6.61 Å². The van der Waals surface area contributed by atoms with E-state index in [1.165, 1.54) is 84.0 Å². The van der Waals surface area contributed by atoms with Gasteiger partial charge >= 0.3 is 5.97 Å². The van der Waals surface area contributed by atoms with Gasteiger partial charge in [-0.15, -0.1) is 0 Å². The number of hydrogen-bond acceptors (Lipinski definition) is 2. The van der Waals surface area contributed by atoms with E-state index >= 15 is 0 Å². The van der Waals surface area contributed by atoms with Gasteiger partial charge in [-0.05, 0) is 140 Å². The molecule has 0 aromatic carbocycles. The quantitative estimate of drug-likeness (QED) is 0.279. The second-order valence-corrected chi connectivity index (χ2v) is 16.3. The highest BCUT2D eigenvalue weighted by Gasteiger charge is 2.70. The second-order valence-electron chi connectivity index (χ2n) is 16.3. The van der Waals surface area contributed by atoms with E-state index in [1.54, 1.807) is 0 Å². The van der Waals surface area contributed by atoms with Gasteiger partial charge in [0.15, 0.2) is 0 Å². The number of rotatable bonds is 5. The topological polar surface area (TPSA) is 26.3 Å². The molecule has 5 saturated carbocycles. The lowest BCUT2D eigenvalue weighted by atomic mass is 9.32. The third kappa shape index (κ3) is 3.79. The smallest absolute Gasteiger partial charge is 0.302 e. The maximum Gasteiger partial charge on any atom is 0.302 e. The number of ether oxygens (including phenoxy) is 1. The zero-order chi connectivity index (χ0) is 26.1. The summed E-state index contributed by atoms with van der Waals surface area (Å²) in [7, 11) is 0. The van der Waals surface area contributed by atoms with Gasteiger partial charge in [0, 0.05) is 6.92 Å². The van der Waals surface area contributed by atoms with Crippen LogP contribution in [0.1, 0.15) is 139 Å².